The summed E-state index contributed by atoms with van der Waals surface area (Å²) >= 11 is 0. The van der Waals surface area contributed by atoms with Gasteiger partial charge in [-0.05, 0) is 43.2 Å². The summed E-state index contributed by atoms with van der Waals surface area (Å²) in [6.45, 7) is 8.90. The number of fused-ring (bicyclic) bond motifs is 1. The Hall–Kier alpha value is -2.49. The first kappa shape index (κ1) is 18.8. The number of carbonyl (C=O) groups is 1. The molecule has 134 valence electrons. The molecule has 0 saturated carbocycles. The van der Waals surface area contributed by atoms with E-state index in [4.69, 9.17) is 14.2 Å². The molecule has 0 amide bonds. The van der Waals surface area contributed by atoms with Gasteiger partial charge in [-0.2, -0.15) is 0 Å². The number of carbonyl (C=O) groups excluding carboxylic acids is 1. The van der Waals surface area contributed by atoms with Crippen LogP contribution in [0.3, 0.4) is 0 Å². The van der Waals surface area contributed by atoms with E-state index in [-0.39, 0.29) is 11.4 Å². The Morgan fingerprint density at radius 1 is 1.36 bits per heavy atom. The first-order chi connectivity index (χ1) is 11.8. The number of hydrogen-bond donors (Lipinski definition) is 0. The minimum atomic E-state index is -0.328. The van der Waals surface area contributed by atoms with E-state index >= 15 is 0 Å². The summed E-state index contributed by atoms with van der Waals surface area (Å²) in [4.78, 5) is 11.6. The zero-order valence-electron chi connectivity index (χ0n) is 15.6. The zero-order valence-corrected chi connectivity index (χ0v) is 15.6. The molecule has 1 aromatic carbocycles. The van der Waals surface area contributed by atoms with Crippen LogP contribution >= 0.6 is 0 Å². The monoisotopic (exact) mass is 342 g/mol. The lowest BCUT2D eigenvalue weighted by Crippen LogP contribution is -2.17. The largest absolute Gasteiger partial charge is 0.497 e. The van der Waals surface area contributed by atoms with E-state index < -0.39 is 0 Å². The molecule has 2 rings (SSSR count). The Labute approximate surface area is 149 Å². The number of allylic oxidation sites excluding steroid dienone is 4. The zero-order chi connectivity index (χ0) is 18.4. The second-order valence-electron chi connectivity index (χ2n) is 6.71. The van der Waals surface area contributed by atoms with Crippen molar-refractivity contribution in [2.24, 2.45) is 5.41 Å². The molecule has 0 saturated heterocycles. The molecule has 4 heteroatoms. The van der Waals surface area contributed by atoms with E-state index in [2.05, 4.69) is 19.9 Å². The van der Waals surface area contributed by atoms with Gasteiger partial charge in [0.15, 0.2) is 0 Å². The van der Waals surface area contributed by atoms with Crippen LogP contribution in [0.4, 0.5) is 0 Å². The van der Waals surface area contributed by atoms with Crippen LogP contribution in [0, 0.1) is 5.41 Å². The molecule has 0 unspecified atom stereocenters. The van der Waals surface area contributed by atoms with E-state index in [9.17, 15) is 4.79 Å². The molecule has 0 fully saturated rings. The highest BCUT2D eigenvalue weighted by Crippen LogP contribution is 2.37. The van der Waals surface area contributed by atoms with Crippen molar-refractivity contribution in [3.05, 3.63) is 53.6 Å². The lowest BCUT2D eigenvalue weighted by Gasteiger charge is -2.18. The van der Waals surface area contributed by atoms with Crippen LogP contribution in [-0.4, -0.2) is 26.3 Å². The Kier molecular flexibility index (Phi) is 6.07. The van der Waals surface area contributed by atoms with Crippen LogP contribution in [0.25, 0.3) is 5.57 Å². The standard InChI is InChI=1S/C21H26O4/c1-6-24-20(22)11-15(2)7-8-16-13-21(3,4)14-25-19-10-9-17(23-5)12-18(16)19/h7-13H,6,14H2,1-5H3. The predicted molar refractivity (Wildman–Crippen MR) is 99.8 cm³/mol. The van der Waals surface area contributed by atoms with Crippen LogP contribution in [0.1, 0.15) is 33.3 Å². The van der Waals surface area contributed by atoms with Gasteiger partial charge in [0.2, 0.25) is 0 Å². The third-order valence-corrected chi connectivity index (χ3v) is 3.80. The molecule has 0 aliphatic carbocycles. The number of methoxy groups -OCH3 is 1. The number of rotatable bonds is 5. The van der Waals surface area contributed by atoms with Gasteiger partial charge in [0.25, 0.3) is 0 Å². The Balaban J connectivity index is 2.38. The van der Waals surface area contributed by atoms with Gasteiger partial charge in [-0.15, -0.1) is 0 Å². The second kappa shape index (κ2) is 8.06. The molecule has 0 N–H and O–H groups in total. The van der Waals surface area contributed by atoms with Gasteiger partial charge in [0.1, 0.15) is 11.5 Å². The second-order valence-corrected chi connectivity index (χ2v) is 6.71. The summed E-state index contributed by atoms with van der Waals surface area (Å²) in [5.41, 5.74) is 2.73. The van der Waals surface area contributed by atoms with E-state index in [0.717, 1.165) is 28.2 Å². The molecular formula is C21H26O4. The summed E-state index contributed by atoms with van der Waals surface area (Å²) in [7, 11) is 1.65. The fourth-order valence-corrected chi connectivity index (χ4v) is 2.57. The molecule has 1 aliphatic rings. The average molecular weight is 342 g/mol. The van der Waals surface area contributed by atoms with Crippen LogP contribution in [0.2, 0.25) is 0 Å². The van der Waals surface area contributed by atoms with Gasteiger partial charge < -0.3 is 14.2 Å². The maximum atomic E-state index is 11.6. The predicted octanol–water partition coefficient (Wildman–Crippen LogP) is 4.56. The average Bonchev–Trinajstić information content (AvgIpc) is 2.69. The van der Waals surface area contributed by atoms with Crippen LogP contribution in [0.5, 0.6) is 11.5 Å². The highest BCUT2D eigenvalue weighted by molar-refractivity contribution is 5.84. The summed E-state index contributed by atoms with van der Waals surface area (Å²) < 4.78 is 16.3. The van der Waals surface area contributed by atoms with E-state index in [1.54, 1.807) is 14.0 Å². The van der Waals surface area contributed by atoms with E-state index in [1.165, 1.54) is 6.08 Å². The van der Waals surface area contributed by atoms with E-state index in [0.29, 0.717) is 13.2 Å². The fourth-order valence-electron chi connectivity index (χ4n) is 2.57. The third kappa shape index (κ3) is 5.24. The summed E-state index contributed by atoms with van der Waals surface area (Å²) in [5.74, 6) is 1.28. The molecule has 0 spiro atoms. The van der Waals surface area contributed by atoms with Crippen molar-refractivity contribution < 1.29 is 19.0 Å². The first-order valence-electron chi connectivity index (χ1n) is 8.42. The quantitative estimate of drug-likeness (QED) is 0.447. The third-order valence-electron chi connectivity index (χ3n) is 3.80. The van der Waals surface area contributed by atoms with Crippen molar-refractivity contribution in [2.75, 3.05) is 20.3 Å². The van der Waals surface area contributed by atoms with Crippen LogP contribution < -0.4 is 9.47 Å². The highest BCUT2D eigenvalue weighted by atomic mass is 16.5. The lowest BCUT2D eigenvalue weighted by molar-refractivity contribution is -0.137. The van der Waals surface area contributed by atoms with Gasteiger partial charge in [-0.25, -0.2) is 4.79 Å². The minimum absolute atomic E-state index is 0.106. The molecule has 0 aromatic heterocycles. The van der Waals surface area contributed by atoms with Crippen molar-refractivity contribution >= 4 is 11.5 Å². The molecule has 0 atom stereocenters. The van der Waals surface area contributed by atoms with Gasteiger partial charge >= 0.3 is 5.97 Å². The summed E-state index contributed by atoms with van der Waals surface area (Å²) in [6.07, 6.45) is 7.59. The van der Waals surface area contributed by atoms with Crippen molar-refractivity contribution in [3.8, 4) is 11.5 Å². The molecule has 0 bridgehead atoms. The van der Waals surface area contributed by atoms with Gasteiger partial charge in [0.05, 0.1) is 20.3 Å². The number of esters is 1. The summed E-state index contributed by atoms with van der Waals surface area (Å²) in [6, 6.07) is 5.79. The minimum Gasteiger partial charge on any atom is -0.497 e. The molecule has 1 aromatic rings. The number of hydrogen-bond acceptors (Lipinski definition) is 4. The van der Waals surface area contributed by atoms with Crippen molar-refractivity contribution in [2.45, 2.75) is 27.7 Å². The van der Waals surface area contributed by atoms with E-state index in [1.807, 2.05) is 37.3 Å². The Morgan fingerprint density at radius 3 is 2.80 bits per heavy atom. The molecule has 25 heavy (non-hydrogen) atoms. The normalized spacial score (nSPS) is 16.5. The van der Waals surface area contributed by atoms with Gasteiger partial charge in [-0.1, -0.05) is 32.1 Å². The molecule has 1 aliphatic heterocycles. The number of ether oxygens (including phenoxy) is 3. The maximum Gasteiger partial charge on any atom is 0.330 e. The molecule has 0 radical (unpaired) electrons. The maximum absolute atomic E-state index is 11.6. The Morgan fingerprint density at radius 2 is 2.12 bits per heavy atom. The van der Waals surface area contributed by atoms with Crippen LogP contribution in [-0.2, 0) is 9.53 Å². The molecular weight excluding hydrogens is 316 g/mol. The van der Waals surface area contributed by atoms with Crippen molar-refractivity contribution in [1.29, 1.82) is 0 Å². The smallest absolute Gasteiger partial charge is 0.330 e. The van der Waals surface area contributed by atoms with Crippen LogP contribution in [0.15, 0.2) is 48.1 Å². The fraction of sp³-hybridized carbons (Fsp3) is 0.381. The van der Waals surface area contributed by atoms with Gasteiger partial charge in [-0.3, -0.25) is 0 Å². The topological polar surface area (TPSA) is 44.8 Å². The highest BCUT2D eigenvalue weighted by Gasteiger charge is 2.23. The summed E-state index contributed by atoms with van der Waals surface area (Å²) in [5, 5.41) is 0. The van der Waals surface area contributed by atoms with Crippen molar-refractivity contribution in [1.82, 2.24) is 0 Å². The molecule has 1 heterocycles. The Bertz CT molecular complexity index is 723. The first-order valence-corrected chi connectivity index (χ1v) is 8.42. The van der Waals surface area contributed by atoms with Gasteiger partial charge in [0, 0.05) is 17.1 Å². The van der Waals surface area contributed by atoms with Crippen molar-refractivity contribution in [3.63, 3.8) is 0 Å². The SMILES string of the molecule is CCOC(=O)C=C(C)C=CC1=CC(C)(C)COc2ccc(OC)cc21. The number of benzene rings is 1. The molecule has 4 nitrogen and oxygen atoms in total. The lowest BCUT2D eigenvalue weighted by atomic mass is 9.90.